The van der Waals surface area contributed by atoms with E-state index < -0.39 is 5.82 Å². The lowest BCUT2D eigenvalue weighted by molar-refractivity contribution is -0.120. The number of carbonyl (C=O) groups excluding carboxylic acids is 1. The first-order valence-corrected chi connectivity index (χ1v) is 8.36. The number of pyridine rings is 1. The zero-order chi connectivity index (χ0) is 18.1. The van der Waals surface area contributed by atoms with Crippen LogP contribution in [0.2, 0.25) is 0 Å². The molecule has 0 aliphatic carbocycles. The molecule has 1 aliphatic rings. The molecule has 0 spiro atoms. The van der Waals surface area contributed by atoms with Crippen LogP contribution in [0, 0.1) is 5.82 Å². The molecular formula is C19H17FN4O2. The lowest BCUT2D eigenvalue weighted by Gasteiger charge is -2.30. The zero-order valence-corrected chi connectivity index (χ0v) is 13.9. The highest BCUT2D eigenvalue weighted by molar-refractivity contribution is 5.94. The maximum absolute atomic E-state index is 13.6. The molecule has 26 heavy (non-hydrogen) atoms. The normalized spacial score (nSPS) is 17.5. The zero-order valence-electron chi connectivity index (χ0n) is 13.9. The number of nitrogens with zero attached hydrogens (tertiary/aromatic N) is 3. The highest BCUT2D eigenvalue weighted by atomic mass is 19.1. The van der Waals surface area contributed by atoms with Gasteiger partial charge in [-0.05, 0) is 42.2 Å². The summed E-state index contributed by atoms with van der Waals surface area (Å²) in [6.45, 7) is 0.507. The number of hydrogen-bond donors (Lipinski definition) is 2. The highest BCUT2D eigenvalue weighted by Crippen LogP contribution is 2.33. The first kappa shape index (κ1) is 16.3. The van der Waals surface area contributed by atoms with E-state index >= 15 is 0 Å². The molecule has 3 aromatic rings. The summed E-state index contributed by atoms with van der Waals surface area (Å²) in [4.78, 5) is 18.2. The molecule has 0 radical (unpaired) electrons. The Hall–Kier alpha value is -3.22. The maximum atomic E-state index is 13.6. The van der Waals surface area contributed by atoms with Gasteiger partial charge in [0.25, 0.3) is 0 Å². The number of piperidine rings is 1. The number of rotatable bonds is 3. The minimum Gasteiger partial charge on any atom is -0.505 e. The van der Waals surface area contributed by atoms with Gasteiger partial charge in [0.1, 0.15) is 0 Å². The third-order valence-corrected chi connectivity index (χ3v) is 4.70. The summed E-state index contributed by atoms with van der Waals surface area (Å²) in [5.74, 6) is -0.573. The van der Waals surface area contributed by atoms with Crippen LogP contribution in [0.5, 0.6) is 5.75 Å². The topological polar surface area (TPSA) is 82.1 Å². The molecule has 4 rings (SSSR count). The number of aromatic nitrogens is 3. The Morgan fingerprint density at radius 2 is 2.00 bits per heavy atom. The van der Waals surface area contributed by atoms with Gasteiger partial charge in [0.15, 0.2) is 17.4 Å². The van der Waals surface area contributed by atoms with Crippen molar-refractivity contribution in [2.75, 3.05) is 11.4 Å². The number of H-pyrrole nitrogens is 1. The van der Waals surface area contributed by atoms with Gasteiger partial charge in [-0.1, -0.05) is 6.07 Å². The molecule has 1 aliphatic heterocycles. The number of nitrogens with one attached hydrogen (secondary N) is 1. The predicted molar refractivity (Wildman–Crippen MR) is 94.2 cm³/mol. The standard InChI is InChI=1S/C19H17FN4O2/c20-15-9-13(1-2-17(15)25)14-5-8-24(19(26)10-14)18-11-16(22-23-18)12-3-6-21-7-4-12/h1-4,6-7,9,11,14,25H,5,8,10H2,(H,22,23). The molecule has 1 aromatic carbocycles. The van der Waals surface area contributed by atoms with E-state index in [4.69, 9.17) is 0 Å². The first-order chi connectivity index (χ1) is 12.6. The van der Waals surface area contributed by atoms with Gasteiger partial charge in [0.05, 0.1) is 5.69 Å². The molecule has 2 aromatic heterocycles. The average Bonchev–Trinajstić information content (AvgIpc) is 3.14. The van der Waals surface area contributed by atoms with Crippen LogP contribution >= 0.6 is 0 Å². The fraction of sp³-hybridized carbons (Fsp3) is 0.211. The molecule has 1 atom stereocenters. The number of anilines is 1. The van der Waals surface area contributed by atoms with Crippen LogP contribution in [0.3, 0.4) is 0 Å². The van der Waals surface area contributed by atoms with Gasteiger partial charge < -0.3 is 5.11 Å². The molecule has 6 nitrogen and oxygen atoms in total. The van der Waals surface area contributed by atoms with Crippen LogP contribution in [0.1, 0.15) is 24.3 Å². The number of aromatic amines is 1. The summed E-state index contributed by atoms with van der Waals surface area (Å²) in [6, 6.07) is 9.88. The fourth-order valence-corrected chi connectivity index (χ4v) is 3.27. The van der Waals surface area contributed by atoms with E-state index in [9.17, 15) is 14.3 Å². The van der Waals surface area contributed by atoms with Gasteiger partial charge in [-0.3, -0.25) is 19.8 Å². The van der Waals surface area contributed by atoms with E-state index in [0.29, 0.717) is 18.8 Å². The van der Waals surface area contributed by atoms with Crippen molar-refractivity contribution in [3.63, 3.8) is 0 Å². The van der Waals surface area contributed by atoms with E-state index in [1.54, 1.807) is 23.4 Å². The van der Waals surface area contributed by atoms with Crippen molar-refractivity contribution in [1.82, 2.24) is 15.2 Å². The highest BCUT2D eigenvalue weighted by Gasteiger charge is 2.29. The second-order valence-electron chi connectivity index (χ2n) is 6.32. The second kappa shape index (κ2) is 6.59. The Labute approximate surface area is 149 Å². The third kappa shape index (κ3) is 3.03. The summed E-state index contributed by atoms with van der Waals surface area (Å²) in [7, 11) is 0. The van der Waals surface area contributed by atoms with Crippen molar-refractivity contribution < 1.29 is 14.3 Å². The average molecular weight is 352 g/mol. The van der Waals surface area contributed by atoms with Gasteiger partial charge in [-0.25, -0.2) is 4.39 Å². The minimum atomic E-state index is -0.660. The minimum absolute atomic E-state index is 0.0532. The Morgan fingerprint density at radius 3 is 2.73 bits per heavy atom. The van der Waals surface area contributed by atoms with Crippen LogP contribution < -0.4 is 4.90 Å². The number of benzene rings is 1. The fourth-order valence-electron chi connectivity index (χ4n) is 3.27. The van der Waals surface area contributed by atoms with Crippen molar-refractivity contribution in [3.05, 3.63) is 60.2 Å². The van der Waals surface area contributed by atoms with Crippen molar-refractivity contribution in [2.45, 2.75) is 18.8 Å². The number of amides is 1. The number of phenols is 1. The largest absolute Gasteiger partial charge is 0.505 e. The Balaban J connectivity index is 1.50. The summed E-state index contributed by atoms with van der Waals surface area (Å²) in [6.07, 6.45) is 4.38. The van der Waals surface area contributed by atoms with Crippen molar-refractivity contribution in [3.8, 4) is 17.0 Å². The van der Waals surface area contributed by atoms with Crippen LogP contribution in [-0.2, 0) is 4.79 Å². The maximum Gasteiger partial charge on any atom is 0.228 e. The van der Waals surface area contributed by atoms with Gasteiger partial charge in [-0.15, -0.1) is 0 Å². The van der Waals surface area contributed by atoms with Gasteiger partial charge in [-0.2, -0.15) is 5.10 Å². The number of hydrogen-bond acceptors (Lipinski definition) is 4. The monoisotopic (exact) mass is 352 g/mol. The molecule has 0 saturated carbocycles. The van der Waals surface area contributed by atoms with E-state index in [1.165, 1.54) is 12.1 Å². The molecule has 1 amide bonds. The molecular weight excluding hydrogens is 335 g/mol. The van der Waals surface area contributed by atoms with Crippen LogP contribution in [0.15, 0.2) is 48.8 Å². The second-order valence-corrected chi connectivity index (χ2v) is 6.32. The van der Waals surface area contributed by atoms with Crippen molar-refractivity contribution in [2.24, 2.45) is 0 Å². The lowest BCUT2D eigenvalue weighted by Crippen LogP contribution is -2.38. The Kier molecular flexibility index (Phi) is 4.12. The quantitative estimate of drug-likeness (QED) is 0.758. The number of carbonyl (C=O) groups is 1. The molecule has 1 fully saturated rings. The summed E-state index contributed by atoms with van der Waals surface area (Å²) in [5.41, 5.74) is 2.49. The molecule has 1 saturated heterocycles. The van der Waals surface area contributed by atoms with E-state index in [1.807, 2.05) is 18.2 Å². The summed E-state index contributed by atoms with van der Waals surface area (Å²) >= 11 is 0. The van der Waals surface area contributed by atoms with Crippen LogP contribution in [-0.4, -0.2) is 32.7 Å². The lowest BCUT2D eigenvalue weighted by atomic mass is 9.89. The van der Waals surface area contributed by atoms with Crippen molar-refractivity contribution >= 4 is 11.7 Å². The van der Waals surface area contributed by atoms with E-state index in [0.717, 1.165) is 16.8 Å². The van der Waals surface area contributed by atoms with E-state index in [-0.39, 0.29) is 24.0 Å². The molecule has 0 bridgehead atoms. The predicted octanol–water partition coefficient (Wildman–Crippen LogP) is 3.23. The first-order valence-electron chi connectivity index (χ1n) is 8.36. The third-order valence-electron chi connectivity index (χ3n) is 4.70. The van der Waals surface area contributed by atoms with Gasteiger partial charge in [0, 0.05) is 37.0 Å². The summed E-state index contributed by atoms with van der Waals surface area (Å²) in [5, 5.41) is 16.5. The number of halogens is 1. The Morgan fingerprint density at radius 1 is 1.19 bits per heavy atom. The number of aromatic hydroxyl groups is 1. The number of phenolic OH excluding ortho intramolecular Hbond substituents is 1. The van der Waals surface area contributed by atoms with Crippen molar-refractivity contribution in [1.29, 1.82) is 0 Å². The molecule has 3 heterocycles. The Bertz CT molecular complexity index is 942. The molecule has 7 heteroatoms. The smallest absolute Gasteiger partial charge is 0.228 e. The van der Waals surface area contributed by atoms with Gasteiger partial charge >= 0.3 is 0 Å². The van der Waals surface area contributed by atoms with Crippen LogP contribution in [0.25, 0.3) is 11.3 Å². The molecule has 2 N–H and O–H groups in total. The van der Waals surface area contributed by atoms with E-state index in [2.05, 4.69) is 15.2 Å². The molecule has 132 valence electrons. The van der Waals surface area contributed by atoms with Crippen LogP contribution in [0.4, 0.5) is 10.2 Å². The molecule has 1 unspecified atom stereocenters. The summed E-state index contributed by atoms with van der Waals surface area (Å²) < 4.78 is 13.6. The SMILES string of the molecule is O=C1CC(c2ccc(O)c(F)c2)CCN1c1cc(-c2ccncc2)[nH]n1. The van der Waals surface area contributed by atoms with Gasteiger partial charge in [0.2, 0.25) is 5.91 Å².